The van der Waals surface area contributed by atoms with Gasteiger partial charge in [-0.15, -0.1) is 0 Å². The minimum Gasteiger partial charge on any atom is -0.392 e. The summed E-state index contributed by atoms with van der Waals surface area (Å²) in [5, 5.41) is 0. The number of anilines is 1. The van der Waals surface area contributed by atoms with Crippen LogP contribution in [0.15, 0.2) is 36.7 Å². The zero-order valence-electron chi connectivity index (χ0n) is 11.4. The summed E-state index contributed by atoms with van der Waals surface area (Å²) in [7, 11) is 0. The predicted octanol–water partition coefficient (Wildman–Crippen LogP) is 1.38. The average molecular weight is 283 g/mol. The second kappa shape index (κ2) is 5.20. The zero-order valence-corrected chi connectivity index (χ0v) is 11.4. The monoisotopic (exact) mass is 283 g/mol. The van der Waals surface area contributed by atoms with Gasteiger partial charge in [-0.25, -0.2) is 9.97 Å². The maximum Gasteiger partial charge on any atom is 0.310 e. The second-order valence-corrected chi connectivity index (χ2v) is 4.49. The fourth-order valence-electron chi connectivity index (χ4n) is 2.05. The van der Waals surface area contributed by atoms with E-state index < -0.39 is 5.97 Å². The van der Waals surface area contributed by atoms with E-state index in [1.54, 1.807) is 4.57 Å². The number of esters is 1. The maximum absolute atomic E-state index is 11.2. The molecule has 1 aromatic carbocycles. The van der Waals surface area contributed by atoms with Gasteiger partial charge >= 0.3 is 12.0 Å². The number of aromatic nitrogens is 4. The molecule has 2 N–H and O–H groups in total. The van der Waals surface area contributed by atoms with Gasteiger partial charge in [0.15, 0.2) is 17.0 Å². The molecule has 7 heteroatoms. The molecule has 106 valence electrons. The van der Waals surface area contributed by atoms with Crippen LogP contribution >= 0.6 is 0 Å². The smallest absolute Gasteiger partial charge is 0.310 e. The SMILES string of the molecule is CC(=O)Oc1nc2c(N)ncnc2n1Cc1ccccc1. The van der Waals surface area contributed by atoms with E-state index in [0.717, 1.165) is 5.56 Å². The molecule has 0 saturated carbocycles. The molecular formula is C14H13N5O2. The first-order valence-corrected chi connectivity index (χ1v) is 6.34. The van der Waals surface area contributed by atoms with Crippen molar-refractivity contribution in [2.45, 2.75) is 13.5 Å². The van der Waals surface area contributed by atoms with E-state index in [1.807, 2.05) is 30.3 Å². The number of carbonyl (C=O) groups is 1. The molecule has 0 spiro atoms. The molecule has 0 aliphatic carbocycles. The van der Waals surface area contributed by atoms with Gasteiger partial charge in [0.05, 0.1) is 6.54 Å². The summed E-state index contributed by atoms with van der Waals surface area (Å²) >= 11 is 0. The lowest BCUT2D eigenvalue weighted by Crippen LogP contribution is -2.09. The summed E-state index contributed by atoms with van der Waals surface area (Å²) in [6.07, 6.45) is 1.36. The average Bonchev–Trinajstić information content (AvgIpc) is 2.79. The van der Waals surface area contributed by atoms with Crippen LogP contribution in [0.1, 0.15) is 12.5 Å². The molecule has 0 aliphatic rings. The lowest BCUT2D eigenvalue weighted by Gasteiger charge is -2.07. The van der Waals surface area contributed by atoms with Crippen molar-refractivity contribution in [3.05, 3.63) is 42.2 Å². The standard InChI is InChI=1S/C14H13N5O2/c1-9(20)21-14-18-11-12(15)16-8-17-13(11)19(14)7-10-5-3-2-4-6-10/h2-6,8H,7H2,1H3,(H2,15,16,17). The number of nitrogens with two attached hydrogens (primary N) is 1. The predicted molar refractivity (Wildman–Crippen MR) is 76.6 cm³/mol. The third kappa shape index (κ3) is 2.53. The van der Waals surface area contributed by atoms with E-state index >= 15 is 0 Å². The number of benzene rings is 1. The summed E-state index contributed by atoms with van der Waals surface area (Å²) in [6.45, 7) is 1.79. The first-order valence-electron chi connectivity index (χ1n) is 6.34. The summed E-state index contributed by atoms with van der Waals surface area (Å²) < 4.78 is 6.85. The fraction of sp³-hybridized carbons (Fsp3) is 0.143. The van der Waals surface area contributed by atoms with Crippen LogP contribution in [0.25, 0.3) is 11.2 Å². The van der Waals surface area contributed by atoms with E-state index in [2.05, 4.69) is 15.0 Å². The van der Waals surface area contributed by atoms with Crippen molar-refractivity contribution < 1.29 is 9.53 Å². The Balaban J connectivity index is 2.13. The summed E-state index contributed by atoms with van der Waals surface area (Å²) in [4.78, 5) is 23.5. The molecular weight excluding hydrogens is 270 g/mol. The topological polar surface area (TPSA) is 95.9 Å². The number of nitrogen functional groups attached to an aromatic ring is 1. The Morgan fingerprint density at radius 1 is 1.29 bits per heavy atom. The number of imidazole rings is 1. The van der Waals surface area contributed by atoms with E-state index in [4.69, 9.17) is 10.5 Å². The van der Waals surface area contributed by atoms with Crippen LogP contribution in [-0.4, -0.2) is 25.5 Å². The van der Waals surface area contributed by atoms with E-state index in [1.165, 1.54) is 13.3 Å². The van der Waals surface area contributed by atoms with Gasteiger partial charge in [0, 0.05) is 6.92 Å². The Bertz CT molecular complexity index is 798. The Kier molecular flexibility index (Phi) is 3.23. The number of carbonyl (C=O) groups excluding carboxylic acids is 1. The van der Waals surface area contributed by atoms with Crippen molar-refractivity contribution in [2.24, 2.45) is 0 Å². The molecule has 0 unspecified atom stereocenters. The van der Waals surface area contributed by atoms with Gasteiger partial charge in [-0.3, -0.25) is 9.36 Å². The molecule has 0 bridgehead atoms. The minimum absolute atomic E-state index is 0.161. The molecule has 0 radical (unpaired) electrons. The van der Waals surface area contributed by atoms with Crippen molar-refractivity contribution in [1.29, 1.82) is 0 Å². The number of ether oxygens (including phenoxy) is 1. The normalized spacial score (nSPS) is 10.7. The summed E-state index contributed by atoms with van der Waals surface area (Å²) in [6, 6.07) is 9.89. The minimum atomic E-state index is -0.453. The Morgan fingerprint density at radius 3 is 2.76 bits per heavy atom. The highest BCUT2D eigenvalue weighted by Crippen LogP contribution is 2.24. The third-order valence-corrected chi connectivity index (χ3v) is 2.94. The molecule has 0 amide bonds. The van der Waals surface area contributed by atoms with Crippen LogP contribution in [-0.2, 0) is 11.3 Å². The highest BCUT2D eigenvalue weighted by Gasteiger charge is 2.17. The van der Waals surface area contributed by atoms with Crippen LogP contribution in [0, 0.1) is 0 Å². The largest absolute Gasteiger partial charge is 0.392 e. The highest BCUT2D eigenvalue weighted by molar-refractivity contribution is 5.83. The molecule has 0 fully saturated rings. The van der Waals surface area contributed by atoms with Gasteiger partial charge in [0.2, 0.25) is 0 Å². The van der Waals surface area contributed by atoms with E-state index in [-0.39, 0.29) is 11.8 Å². The maximum atomic E-state index is 11.2. The van der Waals surface area contributed by atoms with Crippen molar-refractivity contribution in [3.8, 4) is 6.01 Å². The van der Waals surface area contributed by atoms with Gasteiger partial charge < -0.3 is 10.5 Å². The van der Waals surface area contributed by atoms with Gasteiger partial charge in [-0.2, -0.15) is 4.98 Å². The molecule has 3 rings (SSSR count). The number of fused-ring (bicyclic) bond motifs is 1. The lowest BCUT2D eigenvalue weighted by molar-refractivity contribution is -0.132. The van der Waals surface area contributed by atoms with E-state index in [0.29, 0.717) is 17.7 Å². The summed E-state index contributed by atoms with van der Waals surface area (Å²) in [5.74, 6) is -0.202. The van der Waals surface area contributed by atoms with Gasteiger partial charge in [0.1, 0.15) is 6.33 Å². The van der Waals surface area contributed by atoms with Crippen LogP contribution in [0.5, 0.6) is 6.01 Å². The zero-order chi connectivity index (χ0) is 14.8. The van der Waals surface area contributed by atoms with Crippen molar-refractivity contribution in [3.63, 3.8) is 0 Å². The highest BCUT2D eigenvalue weighted by atomic mass is 16.5. The fourth-order valence-corrected chi connectivity index (χ4v) is 2.05. The molecule has 0 aliphatic heterocycles. The van der Waals surface area contributed by atoms with Crippen LogP contribution < -0.4 is 10.5 Å². The quantitative estimate of drug-likeness (QED) is 0.729. The second-order valence-electron chi connectivity index (χ2n) is 4.49. The molecule has 3 aromatic rings. The van der Waals surface area contributed by atoms with Crippen LogP contribution in [0.2, 0.25) is 0 Å². The number of hydrogen-bond donors (Lipinski definition) is 1. The van der Waals surface area contributed by atoms with Crippen molar-refractivity contribution in [2.75, 3.05) is 5.73 Å². The molecule has 2 aromatic heterocycles. The Labute approximate surface area is 120 Å². The van der Waals surface area contributed by atoms with Gasteiger partial charge in [0.25, 0.3) is 0 Å². The number of nitrogens with zero attached hydrogens (tertiary/aromatic N) is 4. The van der Waals surface area contributed by atoms with Crippen molar-refractivity contribution in [1.82, 2.24) is 19.5 Å². The molecule has 0 saturated heterocycles. The molecule has 2 heterocycles. The lowest BCUT2D eigenvalue weighted by atomic mass is 10.2. The van der Waals surface area contributed by atoms with Crippen molar-refractivity contribution >= 4 is 23.0 Å². The summed E-state index contributed by atoms with van der Waals surface area (Å²) in [5.41, 5.74) is 7.78. The van der Waals surface area contributed by atoms with Crippen LogP contribution in [0.3, 0.4) is 0 Å². The first kappa shape index (κ1) is 13.0. The van der Waals surface area contributed by atoms with Gasteiger partial charge in [-0.05, 0) is 5.56 Å². The Hall–Kier alpha value is -2.96. The van der Waals surface area contributed by atoms with E-state index in [9.17, 15) is 4.79 Å². The molecule has 7 nitrogen and oxygen atoms in total. The van der Waals surface area contributed by atoms with Gasteiger partial charge in [-0.1, -0.05) is 30.3 Å². The third-order valence-electron chi connectivity index (χ3n) is 2.94. The Morgan fingerprint density at radius 2 is 2.05 bits per heavy atom. The first-order chi connectivity index (χ1) is 10.1. The number of hydrogen-bond acceptors (Lipinski definition) is 6. The van der Waals surface area contributed by atoms with Crippen LogP contribution in [0.4, 0.5) is 5.82 Å². The molecule has 0 atom stereocenters. The molecule has 21 heavy (non-hydrogen) atoms. The number of rotatable bonds is 3.